The molecule has 1 atom stereocenters. The fourth-order valence-corrected chi connectivity index (χ4v) is 3.31. The number of amides is 1. The summed E-state index contributed by atoms with van der Waals surface area (Å²) in [7, 11) is -2.35. The van der Waals surface area contributed by atoms with Crippen LogP contribution in [-0.4, -0.2) is 56.7 Å². The van der Waals surface area contributed by atoms with E-state index < -0.39 is 27.9 Å². The van der Waals surface area contributed by atoms with E-state index in [1.54, 1.807) is 30.3 Å². The Hall–Kier alpha value is -2.69. The molecule has 2 rings (SSSR count). The third-order valence-corrected chi connectivity index (χ3v) is 5.14. The number of carbonyl (C=O) groups is 2. The molecule has 146 valence electrons. The van der Waals surface area contributed by atoms with Gasteiger partial charge in [0.25, 0.3) is 5.91 Å². The standard InChI is InChI=1S/C17H21N3O6S/c1-26-8-7-19-27(24,25)13-10-14(18-11-13)16(21)20-15(17(22)23)9-12-5-3-2-4-6-12/h2-6,10-11,15,18-19H,7-9H2,1H3,(H,20,21)(H,22,23)/t15-/m0/s1. The number of methoxy groups -OCH3 is 1. The summed E-state index contributed by atoms with van der Waals surface area (Å²) in [5.41, 5.74) is 0.698. The summed E-state index contributed by atoms with van der Waals surface area (Å²) in [6.45, 7) is 0.292. The van der Waals surface area contributed by atoms with Gasteiger partial charge in [-0.15, -0.1) is 0 Å². The van der Waals surface area contributed by atoms with E-state index in [0.29, 0.717) is 0 Å². The van der Waals surface area contributed by atoms with Gasteiger partial charge in [-0.3, -0.25) is 4.79 Å². The molecule has 27 heavy (non-hydrogen) atoms. The maximum atomic E-state index is 12.3. The molecule has 0 saturated carbocycles. The molecule has 10 heteroatoms. The molecule has 0 aliphatic carbocycles. The van der Waals surface area contributed by atoms with Crippen molar-refractivity contribution >= 4 is 21.9 Å². The Labute approximate surface area is 156 Å². The molecule has 0 bridgehead atoms. The summed E-state index contributed by atoms with van der Waals surface area (Å²) in [5.74, 6) is -1.90. The van der Waals surface area contributed by atoms with Crippen molar-refractivity contribution < 1.29 is 27.9 Å². The van der Waals surface area contributed by atoms with Crippen molar-refractivity contribution in [2.24, 2.45) is 0 Å². The lowest BCUT2D eigenvalue weighted by Crippen LogP contribution is -2.42. The maximum Gasteiger partial charge on any atom is 0.326 e. The fraction of sp³-hybridized carbons (Fsp3) is 0.294. The zero-order chi connectivity index (χ0) is 19.9. The van der Waals surface area contributed by atoms with E-state index in [9.17, 15) is 23.1 Å². The van der Waals surface area contributed by atoms with Gasteiger partial charge in [-0.1, -0.05) is 30.3 Å². The number of rotatable bonds is 10. The number of aromatic amines is 1. The third kappa shape index (κ3) is 5.91. The third-order valence-electron chi connectivity index (χ3n) is 3.70. The van der Waals surface area contributed by atoms with E-state index >= 15 is 0 Å². The topological polar surface area (TPSA) is 138 Å². The van der Waals surface area contributed by atoms with Gasteiger partial charge in [0, 0.05) is 26.3 Å². The highest BCUT2D eigenvalue weighted by molar-refractivity contribution is 7.89. The average Bonchev–Trinajstić information content (AvgIpc) is 3.13. The molecule has 0 saturated heterocycles. The van der Waals surface area contributed by atoms with Gasteiger partial charge in [0.2, 0.25) is 10.0 Å². The van der Waals surface area contributed by atoms with E-state index in [1.807, 2.05) is 0 Å². The van der Waals surface area contributed by atoms with Crippen molar-refractivity contribution in [2.75, 3.05) is 20.3 Å². The van der Waals surface area contributed by atoms with Gasteiger partial charge in [-0.25, -0.2) is 17.9 Å². The van der Waals surface area contributed by atoms with Crippen molar-refractivity contribution in [2.45, 2.75) is 17.4 Å². The Morgan fingerprint density at radius 2 is 1.96 bits per heavy atom. The number of carbonyl (C=O) groups excluding carboxylic acids is 1. The molecule has 0 spiro atoms. The average molecular weight is 395 g/mol. The molecule has 0 aliphatic rings. The van der Waals surface area contributed by atoms with E-state index in [-0.39, 0.29) is 30.2 Å². The van der Waals surface area contributed by atoms with Crippen molar-refractivity contribution in [3.63, 3.8) is 0 Å². The number of nitrogens with one attached hydrogen (secondary N) is 3. The Morgan fingerprint density at radius 3 is 2.59 bits per heavy atom. The van der Waals surface area contributed by atoms with E-state index in [0.717, 1.165) is 17.8 Å². The summed E-state index contributed by atoms with van der Waals surface area (Å²) < 4.78 is 31.3. The summed E-state index contributed by atoms with van der Waals surface area (Å²) in [6.07, 6.45) is 1.27. The number of carboxylic acid groups (broad SMARTS) is 1. The SMILES string of the molecule is COCCNS(=O)(=O)c1c[nH]c(C(=O)N[C@@H](Cc2ccccc2)C(=O)O)c1. The predicted octanol–water partition coefficient (Wildman–Crippen LogP) is 0.365. The Kier molecular flexibility index (Phi) is 7.11. The number of carboxylic acids is 1. The smallest absolute Gasteiger partial charge is 0.326 e. The van der Waals surface area contributed by atoms with Gasteiger partial charge in [0.05, 0.1) is 6.61 Å². The van der Waals surface area contributed by atoms with Crippen LogP contribution in [0.5, 0.6) is 0 Å². The first-order valence-electron chi connectivity index (χ1n) is 8.08. The first-order chi connectivity index (χ1) is 12.8. The zero-order valence-electron chi connectivity index (χ0n) is 14.6. The number of aliphatic carboxylic acids is 1. The molecular formula is C17H21N3O6S. The van der Waals surface area contributed by atoms with Gasteiger partial charge in [0.15, 0.2) is 0 Å². The molecule has 1 aromatic carbocycles. The highest BCUT2D eigenvalue weighted by atomic mass is 32.2. The van der Waals surface area contributed by atoms with E-state index in [4.69, 9.17) is 4.74 Å². The number of hydrogen-bond acceptors (Lipinski definition) is 5. The second-order valence-corrected chi connectivity index (χ2v) is 7.46. The minimum absolute atomic E-state index is 0.0542. The van der Waals surface area contributed by atoms with Crippen LogP contribution in [0.25, 0.3) is 0 Å². The molecule has 1 aromatic heterocycles. The van der Waals surface area contributed by atoms with Crippen LogP contribution in [-0.2, 0) is 26.0 Å². The first kappa shape index (κ1) is 20.6. The lowest BCUT2D eigenvalue weighted by molar-refractivity contribution is -0.139. The van der Waals surface area contributed by atoms with Gasteiger partial charge in [-0.2, -0.15) is 0 Å². The molecule has 0 aliphatic heterocycles. The molecule has 1 amide bonds. The quantitative estimate of drug-likeness (QED) is 0.429. The predicted molar refractivity (Wildman–Crippen MR) is 96.9 cm³/mol. The molecule has 1 heterocycles. The minimum atomic E-state index is -3.80. The van der Waals surface area contributed by atoms with Crippen LogP contribution in [0, 0.1) is 0 Å². The highest BCUT2D eigenvalue weighted by Crippen LogP contribution is 2.11. The summed E-state index contributed by atoms with van der Waals surface area (Å²) in [5, 5.41) is 11.7. The van der Waals surface area contributed by atoms with Gasteiger partial charge < -0.3 is 20.1 Å². The van der Waals surface area contributed by atoms with Crippen LogP contribution in [0.2, 0.25) is 0 Å². The Bertz CT molecular complexity index is 879. The number of H-pyrrole nitrogens is 1. The van der Waals surface area contributed by atoms with Crippen molar-refractivity contribution in [3.05, 3.63) is 53.9 Å². The van der Waals surface area contributed by atoms with Gasteiger partial charge in [-0.05, 0) is 11.6 Å². The zero-order valence-corrected chi connectivity index (χ0v) is 15.5. The van der Waals surface area contributed by atoms with E-state index in [1.165, 1.54) is 7.11 Å². The largest absolute Gasteiger partial charge is 0.480 e. The molecule has 0 radical (unpaired) electrons. The lowest BCUT2D eigenvalue weighted by atomic mass is 10.1. The molecule has 0 unspecified atom stereocenters. The molecule has 2 aromatic rings. The van der Waals surface area contributed by atoms with Crippen LogP contribution in [0.3, 0.4) is 0 Å². The van der Waals surface area contributed by atoms with Gasteiger partial charge >= 0.3 is 5.97 Å². The van der Waals surface area contributed by atoms with Crippen molar-refractivity contribution in [1.82, 2.24) is 15.0 Å². The fourth-order valence-electron chi connectivity index (χ4n) is 2.31. The Morgan fingerprint density at radius 1 is 1.26 bits per heavy atom. The normalized spacial score (nSPS) is 12.5. The van der Waals surface area contributed by atoms with Crippen molar-refractivity contribution in [3.8, 4) is 0 Å². The summed E-state index contributed by atoms with van der Waals surface area (Å²) >= 11 is 0. The Balaban J connectivity index is 2.06. The van der Waals surface area contributed by atoms with Crippen LogP contribution < -0.4 is 10.0 Å². The monoisotopic (exact) mass is 395 g/mol. The highest BCUT2D eigenvalue weighted by Gasteiger charge is 2.23. The second kappa shape index (κ2) is 9.31. The van der Waals surface area contributed by atoms with Crippen molar-refractivity contribution in [1.29, 1.82) is 0 Å². The second-order valence-electron chi connectivity index (χ2n) is 5.69. The van der Waals surface area contributed by atoms with E-state index in [2.05, 4.69) is 15.0 Å². The maximum absolute atomic E-state index is 12.3. The number of benzene rings is 1. The van der Waals surface area contributed by atoms with Gasteiger partial charge in [0.1, 0.15) is 16.6 Å². The van der Waals surface area contributed by atoms with Crippen LogP contribution in [0.1, 0.15) is 16.1 Å². The van der Waals surface area contributed by atoms with Crippen LogP contribution >= 0.6 is 0 Å². The summed E-state index contributed by atoms with van der Waals surface area (Å²) in [6, 6.07) is 8.86. The first-order valence-corrected chi connectivity index (χ1v) is 9.56. The minimum Gasteiger partial charge on any atom is -0.480 e. The van der Waals surface area contributed by atoms with Crippen LogP contribution in [0.15, 0.2) is 47.5 Å². The molecular weight excluding hydrogens is 374 g/mol. The molecule has 4 N–H and O–H groups in total. The number of ether oxygens (including phenoxy) is 1. The molecule has 0 fully saturated rings. The lowest BCUT2D eigenvalue weighted by Gasteiger charge is -2.14. The number of aromatic nitrogens is 1. The molecule has 9 nitrogen and oxygen atoms in total. The number of sulfonamides is 1. The summed E-state index contributed by atoms with van der Waals surface area (Å²) in [4.78, 5) is 26.2. The number of hydrogen-bond donors (Lipinski definition) is 4. The van der Waals surface area contributed by atoms with Crippen LogP contribution in [0.4, 0.5) is 0 Å².